The molecule has 4 rings (SSSR count). The van der Waals surface area contributed by atoms with E-state index in [0.29, 0.717) is 25.3 Å². The number of hydrogen-bond donors (Lipinski definition) is 0. The number of ether oxygens (including phenoxy) is 1. The second kappa shape index (κ2) is 10.4. The van der Waals surface area contributed by atoms with Crippen molar-refractivity contribution in [3.8, 4) is 5.75 Å². The van der Waals surface area contributed by atoms with Crippen molar-refractivity contribution in [2.75, 3.05) is 27.2 Å². The summed E-state index contributed by atoms with van der Waals surface area (Å²) in [7, 11) is 3.49. The van der Waals surface area contributed by atoms with Crippen molar-refractivity contribution in [3.63, 3.8) is 0 Å². The van der Waals surface area contributed by atoms with E-state index in [1.807, 2.05) is 36.2 Å². The van der Waals surface area contributed by atoms with Gasteiger partial charge in [-0.25, -0.2) is 0 Å². The van der Waals surface area contributed by atoms with Crippen molar-refractivity contribution < 1.29 is 18.7 Å². The molecule has 0 N–H and O–H groups in total. The number of methoxy groups -OCH3 is 1. The lowest BCUT2D eigenvalue weighted by Gasteiger charge is -2.40. The molecule has 0 radical (unpaired) electrons. The minimum absolute atomic E-state index is 0.0296. The number of likely N-dealkylation sites (N-methyl/N-ethyl adjacent to an activating group) is 1. The highest BCUT2D eigenvalue weighted by Gasteiger charge is 2.33. The first-order valence-electron chi connectivity index (χ1n) is 11.2. The molecule has 174 valence electrons. The smallest absolute Gasteiger partial charge is 0.289 e. The zero-order valence-electron chi connectivity index (χ0n) is 19.1. The molecule has 1 aromatic carbocycles. The average Bonchev–Trinajstić information content (AvgIpc) is 3.56. The lowest BCUT2D eigenvalue weighted by molar-refractivity contribution is -0.133. The maximum absolute atomic E-state index is 13.1. The summed E-state index contributed by atoms with van der Waals surface area (Å²) in [4.78, 5) is 29.5. The number of piperidine rings is 1. The predicted molar refractivity (Wildman–Crippen MR) is 123 cm³/mol. The van der Waals surface area contributed by atoms with Crippen molar-refractivity contribution in [1.82, 2.24) is 19.6 Å². The molecule has 0 unspecified atom stereocenters. The number of furan rings is 1. The van der Waals surface area contributed by atoms with Crippen LogP contribution in [0.3, 0.4) is 0 Å². The Bertz CT molecular complexity index is 1040. The summed E-state index contributed by atoms with van der Waals surface area (Å²) < 4.78 is 12.4. The Morgan fingerprint density at radius 3 is 2.70 bits per heavy atom. The standard InChI is InChI=1S/C25H30N4O4/c1-27(25(31)23-8-4-15-33-23)22(17-19-6-3-7-21(16-19)32-2)20-9-13-28(14-10-20)24(30)18-29-12-5-11-26-29/h3-8,11-12,15-16,20,22H,9-10,13-14,17-18H2,1-2H3/t22-/m1/s1. The number of rotatable bonds is 8. The van der Waals surface area contributed by atoms with E-state index in [4.69, 9.17) is 9.15 Å². The molecule has 2 aromatic heterocycles. The molecule has 2 amide bonds. The maximum Gasteiger partial charge on any atom is 0.289 e. The number of aromatic nitrogens is 2. The summed E-state index contributed by atoms with van der Waals surface area (Å²) in [5.41, 5.74) is 1.11. The molecule has 1 aliphatic rings. The first-order valence-corrected chi connectivity index (χ1v) is 11.2. The van der Waals surface area contributed by atoms with E-state index < -0.39 is 0 Å². The van der Waals surface area contributed by atoms with Gasteiger partial charge in [-0.1, -0.05) is 12.1 Å². The van der Waals surface area contributed by atoms with Gasteiger partial charge in [0.25, 0.3) is 5.91 Å². The number of carbonyl (C=O) groups is 2. The number of nitrogens with zero attached hydrogens (tertiary/aromatic N) is 4. The third-order valence-electron chi connectivity index (χ3n) is 6.42. The van der Waals surface area contributed by atoms with Gasteiger partial charge in [0.2, 0.25) is 5.91 Å². The maximum atomic E-state index is 13.1. The number of carbonyl (C=O) groups excluding carboxylic acids is 2. The average molecular weight is 451 g/mol. The molecule has 33 heavy (non-hydrogen) atoms. The Labute approximate surface area is 193 Å². The van der Waals surface area contributed by atoms with Gasteiger partial charge in [-0.15, -0.1) is 0 Å². The minimum Gasteiger partial charge on any atom is -0.497 e. The fourth-order valence-electron chi connectivity index (χ4n) is 4.55. The Kier molecular flexibility index (Phi) is 7.12. The molecule has 0 saturated carbocycles. The molecular weight excluding hydrogens is 420 g/mol. The van der Waals surface area contributed by atoms with Crippen LogP contribution in [0.15, 0.2) is 65.5 Å². The summed E-state index contributed by atoms with van der Waals surface area (Å²) in [5.74, 6) is 1.32. The van der Waals surface area contributed by atoms with Gasteiger partial charge in [0, 0.05) is 38.6 Å². The molecule has 3 aromatic rings. The molecule has 1 aliphatic heterocycles. The highest BCUT2D eigenvalue weighted by atomic mass is 16.5. The molecule has 3 heterocycles. The first kappa shape index (κ1) is 22.6. The first-order chi connectivity index (χ1) is 16.0. The van der Waals surface area contributed by atoms with Crippen molar-refractivity contribution >= 4 is 11.8 Å². The van der Waals surface area contributed by atoms with Gasteiger partial charge in [0.1, 0.15) is 12.3 Å². The predicted octanol–water partition coefficient (Wildman–Crippen LogP) is 3.11. The lowest BCUT2D eigenvalue weighted by atomic mass is 9.84. The fraction of sp³-hybridized carbons (Fsp3) is 0.400. The van der Waals surface area contributed by atoms with Crippen LogP contribution in [0.4, 0.5) is 0 Å². The Morgan fingerprint density at radius 2 is 2.03 bits per heavy atom. The topological polar surface area (TPSA) is 80.8 Å². The molecule has 1 saturated heterocycles. The van der Waals surface area contributed by atoms with Crippen molar-refractivity contribution in [3.05, 3.63) is 72.4 Å². The molecule has 0 spiro atoms. The van der Waals surface area contributed by atoms with Gasteiger partial charge in [-0.3, -0.25) is 14.3 Å². The van der Waals surface area contributed by atoms with Gasteiger partial charge < -0.3 is 19.0 Å². The Hall–Kier alpha value is -3.55. The molecule has 1 fully saturated rings. The third kappa shape index (κ3) is 5.45. The van der Waals surface area contributed by atoms with Crippen LogP contribution in [-0.4, -0.2) is 64.7 Å². The van der Waals surface area contributed by atoms with E-state index in [-0.39, 0.29) is 30.3 Å². The second-order valence-corrected chi connectivity index (χ2v) is 8.44. The highest BCUT2D eigenvalue weighted by Crippen LogP contribution is 2.28. The van der Waals surface area contributed by atoms with Crippen LogP contribution < -0.4 is 4.74 Å². The van der Waals surface area contributed by atoms with Gasteiger partial charge >= 0.3 is 0 Å². The van der Waals surface area contributed by atoms with Gasteiger partial charge in [-0.05, 0) is 61.1 Å². The Balaban J connectivity index is 1.47. The van der Waals surface area contributed by atoms with Crippen molar-refractivity contribution in [2.45, 2.75) is 31.8 Å². The van der Waals surface area contributed by atoms with Crippen LogP contribution in [0, 0.1) is 5.92 Å². The van der Waals surface area contributed by atoms with E-state index in [0.717, 1.165) is 24.2 Å². The molecule has 8 heteroatoms. The van der Waals surface area contributed by atoms with E-state index in [1.54, 1.807) is 41.2 Å². The number of amides is 2. The fourth-order valence-corrected chi connectivity index (χ4v) is 4.55. The summed E-state index contributed by atoms with van der Waals surface area (Å²) >= 11 is 0. The monoisotopic (exact) mass is 450 g/mol. The second-order valence-electron chi connectivity index (χ2n) is 8.44. The van der Waals surface area contributed by atoms with E-state index in [9.17, 15) is 9.59 Å². The third-order valence-corrected chi connectivity index (χ3v) is 6.42. The van der Waals surface area contributed by atoms with Crippen LogP contribution in [0.2, 0.25) is 0 Å². The van der Waals surface area contributed by atoms with Crippen LogP contribution in [0.1, 0.15) is 29.0 Å². The summed E-state index contributed by atoms with van der Waals surface area (Å²) in [5, 5.41) is 4.13. The molecule has 8 nitrogen and oxygen atoms in total. The van der Waals surface area contributed by atoms with Gasteiger partial charge in [0.05, 0.1) is 13.4 Å². The highest BCUT2D eigenvalue weighted by molar-refractivity contribution is 5.91. The summed E-state index contributed by atoms with van der Waals surface area (Å²) in [6.07, 6.45) is 7.34. The summed E-state index contributed by atoms with van der Waals surface area (Å²) in [6, 6.07) is 13.2. The zero-order chi connectivity index (χ0) is 23.2. The lowest BCUT2D eigenvalue weighted by Crippen LogP contribution is -2.48. The van der Waals surface area contributed by atoms with Crippen LogP contribution in [0.5, 0.6) is 5.75 Å². The zero-order valence-corrected chi connectivity index (χ0v) is 19.1. The molecule has 0 aliphatic carbocycles. The van der Waals surface area contributed by atoms with E-state index in [1.165, 1.54) is 6.26 Å². The normalized spacial score (nSPS) is 15.3. The molecular formula is C25H30N4O4. The van der Waals surface area contributed by atoms with Gasteiger partial charge in [-0.2, -0.15) is 5.10 Å². The van der Waals surface area contributed by atoms with Crippen LogP contribution in [-0.2, 0) is 17.8 Å². The SMILES string of the molecule is COc1cccc(C[C@H](C2CCN(C(=O)Cn3cccn3)CC2)N(C)C(=O)c2ccco2)c1. The Morgan fingerprint density at radius 1 is 1.21 bits per heavy atom. The largest absolute Gasteiger partial charge is 0.497 e. The summed E-state index contributed by atoms with van der Waals surface area (Å²) in [6.45, 7) is 1.59. The quantitative estimate of drug-likeness (QED) is 0.527. The van der Waals surface area contributed by atoms with Crippen molar-refractivity contribution in [2.24, 2.45) is 5.92 Å². The number of hydrogen-bond acceptors (Lipinski definition) is 5. The van der Waals surface area contributed by atoms with E-state index in [2.05, 4.69) is 11.2 Å². The van der Waals surface area contributed by atoms with Crippen molar-refractivity contribution in [1.29, 1.82) is 0 Å². The minimum atomic E-state index is -0.134. The van der Waals surface area contributed by atoms with Gasteiger partial charge in [0.15, 0.2) is 5.76 Å². The van der Waals surface area contributed by atoms with Crippen LogP contribution >= 0.6 is 0 Å². The van der Waals surface area contributed by atoms with E-state index >= 15 is 0 Å². The van der Waals surface area contributed by atoms with Crippen LogP contribution in [0.25, 0.3) is 0 Å². The number of benzene rings is 1. The molecule has 0 bridgehead atoms. The number of likely N-dealkylation sites (tertiary alicyclic amines) is 1. The molecule has 1 atom stereocenters.